The first-order chi connectivity index (χ1) is 6.59. The van der Waals surface area contributed by atoms with Crippen LogP contribution in [0.15, 0.2) is 6.07 Å². The van der Waals surface area contributed by atoms with Crippen LogP contribution < -0.4 is 0 Å². The van der Waals surface area contributed by atoms with E-state index in [1.807, 2.05) is 20.0 Å². The number of nitrogens with zero attached hydrogens (tertiary/aromatic N) is 2. The van der Waals surface area contributed by atoms with Crippen molar-refractivity contribution in [2.24, 2.45) is 7.05 Å². The standard InChI is InChI=1S/C9H11N3O2/c1-5-7-3-6(4-8(13)14)12(2)9(7)11-10-5/h3H,4H2,1-2H3,(H,10,11)(H,13,14). The number of hydrogen-bond donors (Lipinski definition) is 2. The molecule has 2 N–H and O–H groups in total. The van der Waals surface area contributed by atoms with Gasteiger partial charge in [-0.2, -0.15) is 5.10 Å². The maximum Gasteiger partial charge on any atom is 0.309 e. The summed E-state index contributed by atoms with van der Waals surface area (Å²) in [5.74, 6) is -0.824. The minimum atomic E-state index is -0.824. The van der Waals surface area contributed by atoms with Gasteiger partial charge in [0, 0.05) is 23.8 Å². The average molecular weight is 193 g/mol. The molecule has 0 aliphatic carbocycles. The Morgan fingerprint density at radius 1 is 1.71 bits per heavy atom. The summed E-state index contributed by atoms with van der Waals surface area (Å²) in [5, 5.41) is 16.6. The van der Waals surface area contributed by atoms with Gasteiger partial charge in [-0.3, -0.25) is 9.89 Å². The number of aryl methyl sites for hydroxylation is 2. The Morgan fingerprint density at radius 3 is 3.00 bits per heavy atom. The Bertz CT molecular complexity index is 495. The zero-order valence-electron chi connectivity index (χ0n) is 8.03. The van der Waals surface area contributed by atoms with Crippen molar-refractivity contribution in [1.29, 1.82) is 0 Å². The van der Waals surface area contributed by atoms with E-state index in [-0.39, 0.29) is 6.42 Å². The molecule has 2 aromatic rings. The lowest BCUT2D eigenvalue weighted by molar-refractivity contribution is -0.136. The van der Waals surface area contributed by atoms with Crippen molar-refractivity contribution < 1.29 is 9.90 Å². The van der Waals surface area contributed by atoms with Crippen molar-refractivity contribution >= 4 is 17.0 Å². The number of rotatable bonds is 2. The molecule has 0 saturated carbocycles. The smallest absolute Gasteiger partial charge is 0.309 e. The normalized spacial score (nSPS) is 11.0. The number of carboxylic acid groups (broad SMARTS) is 1. The number of aromatic amines is 1. The molecule has 0 fully saturated rings. The van der Waals surface area contributed by atoms with Crippen LogP contribution in [0.4, 0.5) is 0 Å². The van der Waals surface area contributed by atoms with Gasteiger partial charge in [0.1, 0.15) is 0 Å². The zero-order valence-corrected chi connectivity index (χ0v) is 8.03. The molecule has 0 saturated heterocycles. The maximum atomic E-state index is 10.6. The molecule has 0 amide bonds. The fourth-order valence-electron chi connectivity index (χ4n) is 1.58. The summed E-state index contributed by atoms with van der Waals surface area (Å²) in [4.78, 5) is 10.6. The molecular weight excluding hydrogens is 182 g/mol. The van der Waals surface area contributed by atoms with Gasteiger partial charge < -0.3 is 9.67 Å². The molecule has 0 aliphatic rings. The third-order valence-corrected chi connectivity index (χ3v) is 2.37. The fraction of sp³-hybridized carbons (Fsp3) is 0.333. The molecule has 0 radical (unpaired) electrons. The van der Waals surface area contributed by atoms with Gasteiger partial charge in [0.15, 0.2) is 5.65 Å². The monoisotopic (exact) mass is 193 g/mol. The van der Waals surface area contributed by atoms with Crippen LogP contribution in [0.2, 0.25) is 0 Å². The summed E-state index contributed by atoms with van der Waals surface area (Å²) >= 11 is 0. The lowest BCUT2D eigenvalue weighted by atomic mass is 10.2. The van der Waals surface area contributed by atoms with Gasteiger partial charge in [-0.25, -0.2) is 0 Å². The second-order valence-corrected chi connectivity index (χ2v) is 3.35. The zero-order chi connectivity index (χ0) is 10.3. The van der Waals surface area contributed by atoms with E-state index in [0.717, 1.165) is 22.4 Å². The largest absolute Gasteiger partial charge is 0.481 e. The van der Waals surface area contributed by atoms with Gasteiger partial charge in [-0.15, -0.1) is 0 Å². The van der Waals surface area contributed by atoms with Crippen LogP contribution in [0.1, 0.15) is 11.4 Å². The predicted octanol–water partition coefficient (Wildman–Crippen LogP) is 0.837. The molecule has 0 atom stereocenters. The highest BCUT2D eigenvalue weighted by Crippen LogP contribution is 2.19. The summed E-state index contributed by atoms with van der Waals surface area (Å²) in [7, 11) is 1.82. The second-order valence-electron chi connectivity index (χ2n) is 3.35. The van der Waals surface area contributed by atoms with E-state index in [0.29, 0.717) is 0 Å². The maximum absolute atomic E-state index is 10.6. The van der Waals surface area contributed by atoms with Crippen molar-refractivity contribution in [1.82, 2.24) is 14.8 Å². The number of aromatic nitrogens is 3. The predicted molar refractivity (Wildman–Crippen MR) is 51.1 cm³/mol. The highest BCUT2D eigenvalue weighted by molar-refractivity contribution is 5.82. The molecule has 2 rings (SSSR count). The molecule has 74 valence electrons. The van der Waals surface area contributed by atoms with Gasteiger partial charge in [-0.05, 0) is 13.0 Å². The number of carbonyl (C=O) groups is 1. The summed E-state index contributed by atoms with van der Waals surface area (Å²) in [6.45, 7) is 1.92. The minimum Gasteiger partial charge on any atom is -0.481 e. The van der Waals surface area contributed by atoms with Crippen LogP contribution in [0.3, 0.4) is 0 Å². The lowest BCUT2D eigenvalue weighted by Gasteiger charge is -1.98. The molecule has 5 heteroatoms. The topological polar surface area (TPSA) is 70.9 Å². The Balaban J connectivity index is 2.57. The Morgan fingerprint density at radius 2 is 2.43 bits per heavy atom. The highest BCUT2D eigenvalue weighted by atomic mass is 16.4. The molecule has 0 aliphatic heterocycles. The number of nitrogens with one attached hydrogen (secondary N) is 1. The van der Waals surface area contributed by atoms with Crippen molar-refractivity contribution in [3.63, 3.8) is 0 Å². The van der Waals surface area contributed by atoms with E-state index in [9.17, 15) is 4.79 Å². The van der Waals surface area contributed by atoms with Crippen molar-refractivity contribution in [3.8, 4) is 0 Å². The summed E-state index contributed by atoms with van der Waals surface area (Å²) in [6, 6.07) is 1.86. The second kappa shape index (κ2) is 2.87. The Hall–Kier alpha value is -1.78. The molecule has 2 heterocycles. The minimum absolute atomic E-state index is 0.0340. The molecule has 0 unspecified atom stereocenters. The van der Waals surface area contributed by atoms with Crippen molar-refractivity contribution in [2.75, 3.05) is 0 Å². The van der Waals surface area contributed by atoms with E-state index in [4.69, 9.17) is 5.11 Å². The molecule has 2 aromatic heterocycles. The quantitative estimate of drug-likeness (QED) is 0.742. The van der Waals surface area contributed by atoms with Crippen molar-refractivity contribution in [2.45, 2.75) is 13.3 Å². The first-order valence-electron chi connectivity index (χ1n) is 4.30. The Labute approximate surface area is 80.3 Å². The number of fused-ring (bicyclic) bond motifs is 1. The van der Waals surface area contributed by atoms with Gasteiger partial charge in [0.05, 0.1) is 6.42 Å². The third kappa shape index (κ3) is 1.17. The summed E-state index contributed by atoms with van der Waals surface area (Å²) in [5.41, 5.74) is 2.54. The van der Waals surface area contributed by atoms with Crippen LogP contribution in [0.25, 0.3) is 11.0 Å². The van der Waals surface area contributed by atoms with Gasteiger partial charge in [-0.1, -0.05) is 0 Å². The van der Waals surface area contributed by atoms with Crippen LogP contribution >= 0.6 is 0 Å². The Kier molecular flexibility index (Phi) is 1.80. The van der Waals surface area contributed by atoms with Crippen LogP contribution in [-0.4, -0.2) is 25.8 Å². The number of hydrogen-bond acceptors (Lipinski definition) is 2. The number of carboxylic acids is 1. The van der Waals surface area contributed by atoms with Crippen molar-refractivity contribution in [3.05, 3.63) is 17.5 Å². The average Bonchev–Trinajstić information content (AvgIpc) is 2.57. The van der Waals surface area contributed by atoms with E-state index < -0.39 is 5.97 Å². The number of aliphatic carboxylic acids is 1. The van der Waals surface area contributed by atoms with Crippen LogP contribution in [0.5, 0.6) is 0 Å². The summed E-state index contributed by atoms with van der Waals surface area (Å²) < 4.78 is 1.80. The van der Waals surface area contributed by atoms with Crippen LogP contribution in [-0.2, 0) is 18.3 Å². The van der Waals surface area contributed by atoms with E-state index in [2.05, 4.69) is 10.2 Å². The third-order valence-electron chi connectivity index (χ3n) is 2.37. The lowest BCUT2D eigenvalue weighted by Crippen LogP contribution is -2.05. The molecule has 0 aromatic carbocycles. The van der Waals surface area contributed by atoms with E-state index in [1.165, 1.54) is 0 Å². The number of H-pyrrole nitrogens is 1. The molecule has 0 spiro atoms. The van der Waals surface area contributed by atoms with E-state index >= 15 is 0 Å². The fourth-order valence-corrected chi connectivity index (χ4v) is 1.58. The molecular formula is C9H11N3O2. The van der Waals surface area contributed by atoms with Gasteiger partial charge >= 0.3 is 5.97 Å². The SMILES string of the molecule is Cc1[nH]nc2c1cc(CC(=O)O)n2C. The molecule has 14 heavy (non-hydrogen) atoms. The molecule has 5 nitrogen and oxygen atoms in total. The van der Waals surface area contributed by atoms with Gasteiger partial charge in [0.25, 0.3) is 0 Å². The summed E-state index contributed by atoms with van der Waals surface area (Å²) in [6.07, 6.45) is 0.0340. The van der Waals surface area contributed by atoms with Crippen LogP contribution in [0, 0.1) is 6.92 Å². The first-order valence-corrected chi connectivity index (χ1v) is 4.30. The molecule has 0 bridgehead atoms. The van der Waals surface area contributed by atoms with Gasteiger partial charge in [0.2, 0.25) is 0 Å². The first kappa shape index (κ1) is 8.80. The highest BCUT2D eigenvalue weighted by Gasteiger charge is 2.12. The van der Waals surface area contributed by atoms with E-state index in [1.54, 1.807) is 4.57 Å².